The number of carbonyl (C=O) groups excluding carboxylic acids is 1. The number of nitrogens with one attached hydrogen (secondary N) is 2. The Bertz CT molecular complexity index is 913. The number of carbonyl (C=O) groups is 1. The van der Waals surface area contributed by atoms with E-state index in [1.165, 1.54) is 0 Å². The molecule has 0 atom stereocenters. The molecule has 0 unspecified atom stereocenters. The van der Waals surface area contributed by atoms with Gasteiger partial charge in [0, 0.05) is 28.9 Å². The molecule has 0 aliphatic carbocycles. The van der Waals surface area contributed by atoms with Crippen LogP contribution in [0.15, 0.2) is 35.9 Å². The van der Waals surface area contributed by atoms with Gasteiger partial charge in [-0.1, -0.05) is 19.1 Å². The first-order valence-electron chi connectivity index (χ1n) is 10.3. The molecule has 2 rings (SSSR count). The van der Waals surface area contributed by atoms with Gasteiger partial charge in [0.25, 0.3) is 0 Å². The monoisotopic (exact) mass is 396 g/mol. The smallest absolute Gasteiger partial charge is 0.247 e. The van der Waals surface area contributed by atoms with Crippen molar-refractivity contribution in [2.45, 2.75) is 67.0 Å². The quantitative estimate of drug-likeness (QED) is 0.543. The van der Waals surface area contributed by atoms with Crippen LogP contribution in [0.3, 0.4) is 0 Å². The molecule has 0 saturated heterocycles. The third-order valence-corrected chi connectivity index (χ3v) is 4.75. The van der Waals surface area contributed by atoms with Gasteiger partial charge in [-0.25, -0.2) is 4.39 Å². The van der Waals surface area contributed by atoms with Crippen LogP contribution in [0.5, 0.6) is 0 Å². The lowest BCUT2D eigenvalue weighted by atomic mass is 9.93. The van der Waals surface area contributed by atoms with Gasteiger partial charge >= 0.3 is 0 Å². The molecule has 29 heavy (non-hydrogen) atoms. The highest BCUT2D eigenvalue weighted by Gasteiger charge is 2.13. The second-order valence-electron chi connectivity index (χ2n) is 8.17. The number of rotatable bonds is 7. The Hall–Kier alpha value is -2.62. The highest BCUT2D eigenvalue weighted by atomic mass is 19.1. The molecule has 1 amide bonds. The maximum absolute atomic E-state index is 14.8. The second kappa shape index (κ2) is 9.73. The average Bonchev–Trinajstić information content (AvgIpc) is 2.61. The summed E-state index contributed by atoms with van der Waals surface area (Å²) in [5.41, 5.74) is 5.95. The summed E-state index contributed by atoms with van der Waals surface area (Å²) in [6, 6.07) is 9.65. The van der Waals surface area contributed by atoms with Crippen molar-refractivity contribution < 1.29 is 9.18 Å². The number of halogens is 1. The van der Waals surface area contributed by atoms with Crippen molar-refractivity contribution in [3.63, 3.8) is 0 Å². The summed E-state index contributed by atoms with van der Waals surface area (Å²) in [6.07, 6.45) is 2.59. The Balaban J connectivity index is 2.41. The lowest BCUT2D eigenvalue weighted by Gasteiger charge is -2.15. The molecule has 0 aliphatic heterocycles. The third-order valence-electron chi connectivity index (χ3n) is 4.75. The first kappa shape index (κ1) is 22.7. The van der Waals surface area contributed by atoms with E-state index in [2.05, 4.69) is 10.6 Å². The zero-order chi connectivity index (χ0) is 21.7. The van der Waals surface area contributed by atoms with Gasteiger partial charge in [0.05, 0.1) is 0 Å². The highest BCUT2D eigenvalue weighted by molar-refractivity contribution is 5.98. The van der Waals surface area contributed by atoms with E-state index in [1.54, 1.807) is 6.07 Å². The van der Waals surface area contributed by atoms with Gasteiger partial charge in [-0.05, 0) is 94.5 Å². The van der Waals surface area contributed by atoms with Gasteiger partial charge < -0.3 is 10.6 Å². The van der Waals surface area contributed by atoms with E-state index in [4.69, 9.17) is 0 Å². The minimum Gasteiger partial charge on any atom is -0.383 e. The number of amides is 1. The van der Waals surface area contributed by atoms with Crippen LogP contribution < -0.4 is 10.6 Å². The summed E-state index contributed by atoms with van der Waals surface area (Å²) in [5.74, 6) is -0.282. The van der Waals surface area contributed by atoms with Crippen LogP contribution in [0.2, 0.25) is 0 Å². The molecule has 156 valence electrons. The number of aryl methyl sites for hydroxylation is 2. The zero-order valence-corrected chi connectivity index (χ0v) is 18.6. The van der Waals surface area contributed by atoms with E-state index in [0.717, 1.165) is 33.5 Å². The Kier molecular flexibility index (Phi) is 7.60. The zero-order valence-electron chi connectivity index (χ0n) is 18.6. The van der Waals surface area contributed by atoms with Crippen LogP contribution in [0.1, 0.15) is 57.7 Å². The van der Waals surface area contributed by atoms with E-state index in [9.17, 15) is 9.18 Å². The van der Waals surface area contributed by atoms with E-state index < -0.39 is 0 Å². The van der Waals surface area contributed by atoms with Crippen LogP contribution in [0.25, 0.3) is 17.2 Å². The standard InChI is InChI=1S/C25H33FN2O/c1-8-19(25(29)28-16(4)5)13-20-11-18(7)23(12-17(20)6)22-10-9-21(14-24(22)26)27-15(2)3/h9-16,27H,8H2,1-7H3,(H,28,29). The Morgan fingerprint density at radius 3 is 2.24 bits per heavy atom. The molecule has 0 radical (unpaired) electrons. The fourth-order valence-electron chi connectivity index (χ4n) is 3.31. The van der Waals surface area contributed by atoms with Crippen LogP contribution in [-0.2, 0) is 4.79 Å². The van der Waals surface area contributed by atoms with Crippen molar-refractivity contribution in [3.05, 3.63) is 58.4 Å². The van der Waals surface area contributed by atoms with Crippen molar-refractivity contribution in [1.29, 1.82) is 0 Å². The molecular weight excluding hydrogens is 363 g/mol. The van der Waals surface area contributed by atoms with Crippen LogP contribution in [0, 0.1) is 19.7 Å². The fourth-order valence-corrected chi connectivity index (χ4v) is 3.31. The largest absolute Gasteiger partial charge is 0.383 e. The first-order chi connectivity index (χ1) is 13.6. The molecule has 4 heteroatoms. The van der Waals surface area contributed by atoms with Crippen LogP contribution >= 0.6 is 0 Å². The minimum atomic E-state index is -0.244. The van der Waals surface area contributed by atoms with Crippen LogP contribution in [0.4, 0.5) is 10.1 Å². The fraction of sp³-hybridized carbons (Fsp3) is 0.400. The average molecular weight is 397 g/mol. The SMILES string of the molecule is CCC(=Cc1cc(C)c(-c2ccc(NC(C)C)cc2F)cc1C)C(=O)NC(C)C. The number of anilines is 1. The molecule has 3 nitrogen and oxygen atoms in total. The van der Waals surface area contributed by atoms with Gasteiger partial charge in [0.15, 0.2) is 0 Å². The molecule has 2 aromatic rings. The predicted molar refractivity (Wildman–Crippen MR) is 122 cm³/mol. The molecule has 0 saturated carbocycles. The third kappa shape index (κ3) is 5.93. The number of hydrogen-bond donors (Lipinski definition) is 2. The van der Waals surface area contributed by atoms with E-state index in [-0.39, 0.29) is 23.8 Å². The summed E-state index contributed by atoms with van der Waals surface area (Å²) < 4.78 is 14.8. The molecular formula is C25H33FN2O. The molecule has 0 bridgehead atoms. The molecule has 0 fully saturated rings. The molecule has 0 heterocycles. The van der Waals surface area contributed by atoms with Crippen molar-refractivity contribution >= 4 is 17.7 Å². The molecule has 2 N–H and O–H groups in total. The molecule has 0 aromatic heterocycles. The van der Waals surface area contributed by atoms with Gasteiger partial charge in [0.1, 0.15) is 5.82 Å². The van der Waals surface area contributed by atoms with E-state index in [1.807, 2.05) is 78.8 Å². The summed E-state index contributed by atoms with van der Waals surface area (Å²) >= 11 is 0. The lowest BCUT2D eigenvalue weighted by Crippen LogP contribution is -2.31. The Morgan fingerprint density at radius 2 is 1.69 bits per heavy atom. The maximum Gasteiger partial charge on any atom is 0.247 e. The normalized spacial score (nSPS) is 11.9. The minimum absolute atomic E-state index is 0.0390. The summed E-state index contributed by atoms with van der Waals surface area (Å²) in [7, 11) is 0. The van der Waals surface area contributed by atoms with Crippen molar-refractivity contribution in [2.75, 3.05) is 5.32 Å². The maximum atomic E-state index is 14.8. The van der Waals surface area contributed by atoms with Gasteiger partial charge in [-0.3, -0.25) is 4.79 Å². The summed E-state index contributed by atoms with van der Waals surface area (Å²) in [6.45, 7) is 13.9. The van der Waals surface area contributed by atoms with Crippen molar-refractivity contribution in [1.82, 2.24) is 5.32 Å². The van der Waals surface area contributed by atoms with Gasteiger partial charge in [0.2, 0.25) is 5.91 Å². The molecule has 2 aromatic carbocycles. The summed E-state index contributed by atoms with van der Waals surface area (Å²) in [4.78, 5) is 12.4. The van der Waals surface area contributed by atoms with Gasteiger partial charge in [-0.15, -0.1) is 0 Å². The molecule has 0 aliphatic rings. The highest BCUT2D eigenvalue weighted by Crippen LogP contribution is 2.31. The first-order valence-corrected chi connectivity index (χ1v) is 10.3. The van der Waals surface area contributed by atoms with Crippen molar-refractivity contribution in [2.24, 2.45) is 0 Å². The number of hydrogen-bond acceptors (Lipinski definition) is 2. The van der Waals surface area contributed by atoms with Gasteiger partial charge in [-0.2, -0.15) is 0 Å². The predicted octanol–water partition coefficient (Wildman–Crippen LogP) is 6.25. The summed E-state index contributed by atoms with van der Waals surface area (Å²) in [5, 5.41) is 6.17. The Morgan fingerprint density at radius 1 is 1.00 bits per heavy atom. The van der Waals surface area contributed by atoms with Crippen LogP contribution in [-0.4, -0.2) is 18.0 Å². The lowest BCUT2D eigenvalue weighted by molar-refractivity contribution is -0.118. The van der Waals surface area contributed by atoms with E-state index in [0.29, 0.717) is 12.0 Å². The van der Waals surface area contributed by atoms with E-state index >= 15 is 0 Å². The second-order valence-corrected chi connectivity index (χ2v) is 8.17. The molecule has 0 spiro atoms. The number of benzene rings is 2. The topological polar surface area (TPSA) is 41.1 Å². The van der Waals surface area contributed by atoms with Crippen molar-refractivity contribution in [3.8, 4) is 11.1 Å². The Labute approximate surface area is 174 Å².